The summed E-state index contributed by atoms with van der Waals surface area (Å²) in [6.45, 7) is 3.13. The van der Waals surface area contributed by atoms with Crippen molar-refractivity contribution >= 4 is 5.91 Å². The molecule has 2 heterocycles. The van der Waals surface area contributed by atoms with E-state index in [4.69, 9.17) is 0 Å². The van der Waals surface area contributed by atoms with Crippen LogP contribution in [0.15, 0.2) is 6.33 Å². The number of aromatic nitrogens is 4. The Hall–Kier alpha value is -1.54. The first-order chi connectivity index (χ1) is 9.55. The first-order valence-electron chi connectivity index (χ1n) is 6.94. The van der Waals surface area contributed by atoms with E-state index in [1.165, 1.54) is 6.33 Å². The van der Waals surface area contributed by atoms with E-state index in [9.17, 15) is 15.0 Å². The number of aryl methyl sites for hydroxylation is 1. The highest BCUT2D eigenvalue weighted by Crippen LogP contribution is 2.26. The summed E-state index contributed by atoms with van der Waals surface area (Å²) < 4.78 is 1.58. The Morgan fingerprint density at radius 3 is 2.95 bits per heavy atom. The zero-order chi connectivity index (χ0) is 14.6. The maximum Gasteiger partial charge on any atom is 0.222 e. The lowest BCUT2D eigenvalue weighted by molar-refractivity contribution is -0.150. The van der Waals surface area contributed by atoms with E-state index in [2.05, 4.69) is 15.5 Å². The summed E-state index contributed by atoms with van der Waals surface area (Å²) in [5.74, 6) is -0.00437. The number of nitrogens with zero attached hydrogens (tertiary/aromatic N) is 5. The Bertz CT molecular complexity index is 438. The summed E-state index contributed by atoms with van der Waals surface area (Å²) in [5.41, 5.74) is -1.05. The Morgan fingerprint density at radius 2 is 2.35 bits per heavy atom. The van der Waals surface area contributed by atoms with Gasteiger partial charge in [-0.2, -0.15) is 0 Å². The number of tetrazole rings is 1. The highest BCUT2D eigenvalue weighted by molar-refractivity contribution is 5.76. The number of hydrogen-bond acceptors (Lipinski definition) is 6. The van der Waals surface area contributed by atoms with Gasteiger partial charge < -0.3 is 15.1 Å². The maximum atomic E-state index is 12.0. The molecule has 1 aliphatic heterocycles. The van der Waals surface area contributed by atoms with Crippen molar-refractivity contribution in [3.05, 3.63) is 6.33 Å². The second kappa shape index (κ2) is 6.27. The van der Waals surface area contributed by atoms with E-state index in [1.807, 2.05) is 6.92 Å². The van der Waals surface area contributed by atoms with Gasteiger partial charge in [0.1, 0.15) is 12.4 Å². The van der Waals surface area contributed by atoms with Crippen molar-refractivity contribution in [3.63, 3.8) is 0 Å². The van der Waals surface area contributed by atoms with Crippen LogP contribution in [-0.2, 0) is 11.3 Å². The molecule has 20 heavy (non-hydrogen) atoms. The smallest absolute Gasteiger partial charge is 0.222 e. The molecular formula is C12H21N5O3. The minimum absolute atomic E-state index is 0.00437. The lowest BCUT2D eigenvalue weighted by Crippen LogP contribution is -2.56. The molecule has 2 atom stereocenters. The predicted molar refractivity (Wildman–Crippen MR) is 69.5 cm³/mol. The molecule has 112 valence electrons. The van der Waals surface area contributed by atoms with Gasteiger partial charge in [0.25, 0.3) is 0 Å². The molecule has 0 spiro atoms. The Kier molecular flexibility index (Phi) is 4.66. The molecule has 8 nitrogen and oxygen atoms in total. The van der Waals surface area contributed by atoms with Gasteiger partial charge in [-0.15, -0.1) is 5.10 Å². The molecule has 1 aromatic rings. The third kappa shape index (κ3) is 3.31. The molecule has 2 rings (SSSR count). The number of aliphatic hydroxyl groups excluding tert-OH is 1. The SMILES string of the molecule is CC[C@@]1(O)CCN(C(=O)CCCn2cnnn2)C[C@H]1O. The van der Waals surface area contributed by atoms with Crippen LogP contribution in [0.2, 0.25) is 0 Å². The average Bonchev–Trinajstić information content (AvgIpc) is 2.95. The van der Waals surface area contributed by atoms with E-state index in [1.54, 1.807) is 9.58 Å². The van der Waals surface area contributed by atoms with Gasteiger partial charge in [-0.3, -0.25) is 4.79 Å². The molecule has 0 aromatic carbocycles. The fourth-order valence-electron chi connectivity index (χ4n) is 2.44. The van der Waals surface area contributed by atoms with Crippen molar-refractivity contribution in [3.8, 4) is 0 Å². The minimum atomic E-state index is -1.05. The van der Waals surface area contributed by atoms with Crippen LogP contribution in [0.25, 0.3) is 0 Å². The zero-order valence-electron chi connectivity index (χ0n) is 11.6. The maximum absolute atomic E-state index is 12.0. The summed E-state index contributed by atoms with van der Waals surface area (Å²) in [6, 6.07) is 0. The summed E-state index contributed by atoms with van der Waals surface area (Å²) in [7, 11) is 0. The van der Waals surface area contributed by atoms with E-state index in [0.717, 1.165) is 0 Å². The quantitative estimate of drug-likeness (QED) is 0.732. The van der Waals surface area contributed by atoms with Gasteiger partial charge in [0.15, 0.2) is 0 Å². The second-order valence-corrected chi connectivity index (χ2v) is 5.24. The van der Waals surface area contributed by atoms with Gasteiger partial charge >= 0.3 is 0 Å². The Balaban J connectivity index is 1.76. The molecule has 2 N–H and O–H groups in total. The van der Waals surface area contributed by atoms with Crippen molar-refractivity contribution in [2.24, 2.45) is 0 Å². The lowest BCUT2D eigenvalue weighted by atomic mass is 9.86. The van der Waals surface area contributed by atoms with E-state index in [0.29, 0.717) is 38.8 Å². The van der Waals surface area contributed by atoms with Crippen LogP contribution < -0.4 is 0 Å². The predicted octanol–water partition coefficient (Wildman–Crippen LogP) is -0.812. The topological polar surface area (TPSA) is 104 Å². The first-order valence-corrected chi connectivity index (χ1v) is 6.94. The minimum Gasteiger partial charge on any atom is -0.388 e. The number of hydrogen-bond donors (Lipinski definition) is 2. The third-order valence-corrected chi connectivity index (χ3v) is 3.96. The molecule has 1 saturated heterocycles. The molecule has 1 aromatic heterocycles. The third-order valence-electron chi connectivity index (χ3n) is 3.96. The van der Waals surface area contributed by atoms with Gasteiger partial charge in [0.05, 0.1) is 5.60 Å². The first kappa shape index (κ1) is 14.9. The standard InChI is InChI=1S/C12H21N5O3/c1-2-12(20)5-7-16(8-10(12)18)11(19)4-3-6-17-9-13-14-15-17/h9-10,18,20H,2-8H2,1H3/t10-,12-/m1/s1. The van der Waals surface area contributed by atoms with Gasteiger partial charge in [-0.05, 0) is 29.7 Å². The fourth-order valence-corrected chi connectivity index (χ4v) is 2.44. The van der Waals surface area contributed by atoms with Crippen LogP contribution in [0, 0.1) is 0 Å². The molecule has 0 saturated carbocycles. The molecule has 8 heteroatoms. The van der Waals surface area contributed by atoms with Crippen molar-refractivity contribution in [1.82, 2.24) is 25.1 Å². The van der Waals surface area contributed by atoms with Crippen molar-refractivity contribution in [2.45, 2.75) is 50.9 Å². The number of carbonyl (C=O) groups is 1. The summed E-state index contributed by atoms with van der Waals surface area (Å²) in [5, 5.41) is 30.9. The van der Waals surface area contributed by atoms with Crippen LogP contribution >= 0.6 is 0 Å². The van der Waals surface area contributed by atoms with E-state index in [-0.39, 0.29) is 12.5 Å². The monoisotopic (exact) mass is 283 g/mol. The lowest BCUT2D eigenvalue weighted by Gasteiger charge is -2.41. The van der Waals surface area contributed by atoms with E-state index >= 15 is 0 Å². The summed E-state index contributed by atoms with van der Waals surface area (Å²) in [6.07, 6.45) is 2.59. The molecule has 0 unspecified atom stereocenters. The van der Waals surface area contributed by atoms with Gasteiger partial charge in [-0.1, -0.05) is 6.92 Å². The number of β-amino-alcohol motifs (C(OH)–C–C–N with tert-alkyl or cyclic N) is 1. The van der Waals surface area contributed by atoms with Gasteiger partial charge in [-0.25, -0.2) is 4.68 Å². The normalized spacial score (nSPS) is 26.8. The van der Waals surface area contributed by atoms with Crippen molar-refractivity contribution < 1.29 is 15.0 Å². The molecule has 0 aliphatic carbocycles. The summed E-state index contributed by atoms with van der Waals surface area (Å²) >= 11 is 0. The van der Waals surface area contributed by atoms with Gasteiger partial charge in [0.2, 0.25) is 5.91 Å². The van der Waals surface area contributed by atoms with Crippen LogP contribution in [0.3, 0.4) is 0 Å². The molecular weight excluding hydrogens is 262 g/mol. The average molecular weight is 283 g/mol. The van der Waals surface area contributed by atoms with Crippen LogP contribution in [0.5, 0.6) is 0 Å². The van der Waals surface area contributed by atoms with Gasteiger partial charge in [0, 0.05) is 26.1 Å². The van der Waals surface area contributed by atoms with Crippen LogP contribution in [0.1, 0.15) is 32.6 Å². The number of carbonyl (C=O) groups excluding carboxylic acids is 1. The summed E-state index contributed by atoms with van der Waals surface area (Å²) in [4.78, 5) is 13.7. The van der Waals surface area contributed by atoms with Crippen LogP contribution in [-0.4, -0.2) is 66.0 Å². The Labute approximate surface area is 117 Å². The largest absolute Gasteiger partial charge is 0.388 e. The fraction of sp³-hybridized carbons (Fsp3) is 0.833. The molecule has 0 radical (unpaired) electrons. The zero-order valence-corrected chi connectivity index (χ0v) is 11.6. The molecule has 0 bridgehead atoms. The number of amides is 1. The number of aliphatic hydroxyl groups is 2. The number of likely N-dealkylation sites (tertiary alicyclic amines) is 1. The second-order valence-electron chi connectivity index (χ2n) is 5.24. The van der Waals surface area contributed by atoms with Crippen molar-refractivity contribution in [2.75, 3.05) is 13.1 Å². The van der Waals surface area contributed by atoms with Crippen LogP contribution in [0.4, 0.5) is 0 Å². The molecule has 1 aliphatic rings. The molecule has 1 amide bonds. The highest BCUT2D eigenvalue weighted by atomic mass is 16.3. The van der Waals surface area contributed by atoms with E-state index < -0.39 is 11.7 Å². The Morgan fingerprint density at radius 1 is 1.55 bits per heavy atom. The number of rotatable bonds is 5. The highest BCUT2D eigenvalue weighted by Gasteiger charge is 2.40. The van der Waals surface area contributed by atoms with Crippen molar-refractivity contribution in [1.29, 1.82) is 0 Å². The number of piperidine rings is 1. The molecule has 1 fully saturated rings.